The Balaban J connectivity index is 1.84. The molecule has 1 heterocycles. The number of carbonyl (C=O) groups is 1. The number of para-hydroxylation sites is 3. The van der Waals surface area contributed by atoms with E-state index in [-0.39, 0.29) is 23.6 Å². The van der Waals surface area contributed by atoms with Crippen molar-refractivity contribution in [2.24, 2.45) is 0 Å². The molecule has 9 heteroatoms. The highest BCUT2D eigenvalue weighted by Gasteiger charge is 2.20. The Morgan fingerprint density at radius 3 is 2.63 bits per heavy atom. The second-order valence-corrected chi connectivity index (χ2v) is 6.47. The molecule has 1 amide bonds. The monoisotopic (exact) mass is 408 g/mol. The number of carbonyl (C=O) groups excluding carboxylic acids is 1. The van der Waals surface area contributed by atoms with Gasteiger partial charge in [0.2, 0.25) is 5.43 Å². The lowest BCUT2D eigenvalue weighted by Gasteiger charge is -2.12. The quantitative estimate of drug-likeness (QED) is 0.474. The number of nitrogens with one attached hydrogen (secondary N) is 1. The SMILES string of the molecule is COc1ccccc1CCNC(=O)c1nn(-c2ccccc2[N+](=O)[O-])c(C)cc1=O. The molecule has 30 heavy (non-hydrogen) atoms. The van der Waals surface area contributed by atoms with Gasteiger partial charge >= 0.3 is 0 Å². The number of hydrogen-bond acceptors (Lipinski definition) is 6. The average molecular weight is 408 g/mol. The summed E-state index contributed by atoms with van der Waals surface area (Å²) >= 11 is 0. The number of methoxy groups -OCH3 is 1. The third-order valence-electron chi connectivity index (χ3n) is 4.50. The summed E-state index contributed by atoms with van der Waals surface area (Å²) < 4.78 is 6.51. The number of ether oxygens (including phenoxy) is 1. The van der Waals surface area contributed by atoms with Gasteiger partial charge in [0.15, 0.2) is 5.69 Å². The molecule has 1 N–H and O–H groups in total. The molecule has 0 saturated heterocycles. The highest BCUT2D eigenvalue weighted by molar-refractivity contribution is 5.92. The maximum absolute atomic E-state index is 12.6. The fourth-order valence-electron chi connectivity index (χ4n) is 3.05. The van der Waals surface area contributed by atoms with Crippen molar-refractivity contribution in [3.63, 3.8) is 0 Å². The Labute approximate surface area is 172 Å². The van der Waals surface area contributed by atoms with E-state index in [4.69, 9.17) is 4.74 Å². The average Bonchev–Trinajstić information content (AvgIpc) is 2.74. The van der Waals surface area contributed by atoms with Crippen LogP contribution in [0.4, 0.5) is 5.69 Å². The lowest BCUT2D eigenvalue weighted by Crippen LogP contribution is -2.33. The van der Waals surface area contributed by atoms with Crippen molar-refractivity contribution in [3.8, 4) is 11.4 Å². The molecule has 0 aliphatic rings. The predicted molar refractivity (Wildman–Crippen MR) is 110 cm³/mol. The predicted octanol–water partition coefficient (Wildman–Crippen LogP) is 2.43. The van der Waals surface area contributed by atoms with Gasteiger partial charge in [0, 0.05) is 24.4 Å². The van der Waals surface area contributed by atoms with Crippen molar-refractivity contribution in [2.75, 3.05) is 13.7 Å². The lowest BCUT2D eigenvalue weighted by atomic mass is 10.1. The normalized spacial score (nSPS) is 10.5. The molecular formula is C21H20N4O5. The van der Waals surface area contributed by atoms with E-state index in [2.05, 4.69) is 10.4 Å². The van der Waals surface area contributed by atoms with Crippen LogP contribution in [0.3, 0.4) is 0 Å². The number of benzene rings is 2. The van der Waals surface area contributed by atoms with Crippen molar-refractivity contribution in [2.45, 2.75) is 13.3 Å². The summed E-state index contributed by atoms with van der Waals surface area (Å²) in [4.78, 5) is 35.7. The Bertz CT molecular complexity index is 1160. The van der Waals surface area contributed by atoms with Crippen molar-refractivity contribution in [1.82, 2.24) is 15.1 Å². The molecule has 0 radical (unpaired) electrons. The maximum Gasteiger partial charge on any atom is 0.294 e. The zero-order valence-electron chi connectivity index (χ0n) is 16.5. The van der Waals surface area contributed by atoms with Gasteiger partial charge in [0.05, 0.1) is 12.0 Å². The van der Waals surface area contributed by atoms with Crippen LogP contribution in [0.2, 0.25) is 0 Å². The highest BCUT2D eigenvalue weighted by Crippen LogP contribution is 2.22. The van der Waals surface area contributed by atoms with Crippen molar-refractivity contribution >= 4 is 11.6 Å². The number of hydrogen-bond donors (Lipinski definition) is 1. The highest BCUT2D eigenvalue weighted by atomic mass is 16.6. The molecule has 0 bridgehead atoms. The topological polar surface area (TPSA) is 116 Å². The number of nitrogens with zero attached hydrogens (tertiary/aromatic N) is 3. The third-order valence-corrected chi connectivity index (χ3v) is 4.50. The fourth-order valence-corrected chi connectivity index (χ4v) is 3.05. The van der Waals surface area contributed by atoms with E-state index in [9.17, 15) is 19.7 Å². The first-order chi connectivity index (χ1) is 14.4. The number of nitro groups is 1. The lowest BCUT2D eigenvalue weighted by molar-refractivity contribution is -0.384. The van der Waals surface area contributed by atoms with Crippen LogP contribution in [0.5, 0.6) is 5.75 Å². The molecule has 0 spiro atoms. The van der Waals surface area contributed by atoms with Crippen molar-refractivity contribution in [1.29, 1.82) is 0 Å². The number of aryl methyl sites for hydroxylation is 1. The van der Waals surface area contributed by atoms with Crippen LogP contribution in [0.25, 0.3) is 5.69 Å². The van der Waals surface area contributed by atoms with E-state index in [1.165, 1.54) is 28.9 Å². The Morgan fingerprint density at radius 2 is 1.90 bits per heavy atom. The summed E-state index contributed by atoms with van der Waals surface area (Å²) in [7, 11) is 1.57. The molecule has 3 rings (SSSR count). The van der Waals surface area contributed by atoms with Gasteiger partial charge in [-0.05, 0) is 31.0 Å². The van der Waals surface area contributed by atoms with Crippen molar-refractivity contribution < 1.29 is 14.5 Å². The summed E-state index contributed by atoms with van der Waals surface area (Å²) in [6.45, 7) is 1.86. The second kappa shape index (κ2) is 8.99. The first-order valence-corrected chi connectivity index (χ1v) is 9.17. The number of rotatable bonds is 7. The molecule has 0 aliphatic carbocycles. The van der Waals surface area contributed by atoms with Gasteiger partial charge in [0.25, 0.3) is 11.6 Å². The van der Waals surface area contributed by atoms with E-state index < -0.39 is 16.3 Å². The largest absolute Gasteiger partial charge is 0.496 e. The third kappa shape index (κ3) is 4.35. The summed E-state index contributed by atoms with van der Waals surface area (Å²) in [6, 6.07) is 14.7. The smallest absolute Gasteiger partial charge is 0.294 e. The van der Waals surface area contributed by atoms with Crippen LogP contribution in [0.1, 0.15) is 21.7 Å². The van der Waals surface area contributed by atoms with Gasteiger partial charge in [-0.1, -0.05) is 30.3 Å². The van der Waals surface area contributed by atoms with Gasteiger partial charge in [-0.25, -0.2) is 4.68 Å². The summed E-state index contributed by atoms with van der Waals surface area (Å²) in [5.74, 6) is 0.0567. The molecule has 154 valence electrons. The Kier molecular flexibility index (Phi) is 6.21. The molecule has 0 atom stereocenters. The van der Waals surface area contributed by atoms with Crippen LogP contribution in [-0.4, -0.2) is 34.3 Å². The second-order valence-electron chi connectivity index (χ2n) is 6.47. The summed E-state index contributed by atoms with van der Waals surface area (Å²) in [6.07, 6.45) is 0.500. The van der Waals surface area contributed by atoms with E-state index >= 15 is 0 Å². The molecule has 0 aliphatic heterocycles. The maximum atomic E-state index is 12.6. The molecule has 0 fully saturated rings. The van der Waals surface area contributed by atoms with Crippen LogP contribution in [0, 0.1) is 17.0 Å². The zero-order chi connectivity index (χ0) is 21.7. The number of nitro benzene ring substituents is 1. The van der Waals surface area contributed by atoms with Crippen molar-refractivity contribution in [3.05, 3.63) is 91.9 Å². The van der Waals surface area contributed by atoms with Crippen LogP contribution < -0.4 is 15.5 Å². The molecule has 1 aromatic heterocycles. The summed E-state index contributed by atoms with van der Waals surface area (Å²) in [5.41, 5.74) is 0.382. The van der Waals surface area contributed by atoms with Gasteiger partial charge < -0.3 is 10.1 Å². The number of aromatic nitrogens is 2. The van der Waals surface area contributed by atoms with Crippen LogP contribution in [0.15, 0.2) is 59.4 Å². The molecule has 0 saturated carbocycles. The van der Waals surface area contributed by atoms with Gasteiger partial charge in [0.1, 0.15) is 11.4 Å². The van der Waals surface area contributed by atoms with E-state index in [1.54, 1.807) is 20.1 Å². The Morgan fingerprint density at radius 1 is 1.20 bits per heavy atom. The van der Waals surface area contributed by atoms with E-state index in [0.717, 1.165) is 5.56 Å². The fraction of sp³-hybridized carbons (Fsp3) is 0.190. The number of amides is 1. The minimum Gasteiger partial charge on any atom is -0.496 e. The summed E-state index contributed by atoms with van der Waals surface area (Å²) in [5, 5.41) is 18.1. The van der Waals surface area contributed by atoms with Gasteiger partial charge in [-0.2, -0.15) is 5.10 Å². The zero-order valence-corrected chi connectivity index (χ0v) is 16.5. The molecule has 3 aromatic rings. The minimum absolute atomic E-state index is 0.170. The minimum atomic E-state index is -0.651. The molecule has 0 unspecified atom stereocenters. The first-order valence-electron chi connectivity index (χ1n) is 9.17. The molecule has 9 nitrogen and oxygen atoms in total. The van der Waals surface area contributed by atoms with Gasteiger partial charge in [-0.3, -0.25) is 19.7 Å². The Hall–Kier alpha value is -4.01. The first kappa shape index (κ1) is 20.7. The van der Waals surface area contributed by atoms with E-state index in [1.807, 2.05) is 24.3 Å². The van der Waals surface area contributed by atoms with Crippen LogP contribution >= 0.6 is 0 Å². The van der Waals surface area contributed by atoms with E-state index in [0.29, 0.717) is 17.9 Å². The molecular weight excluding hydrogens is 388 g/mol. The van der Waals surface area contributed by atoms with Crippen LogP contribution in [-0.2, 0) is 6.42 Å². The van der Waals surface area contributed by atoms with Gasteiger partial charge in [-0.15, -0.1) is 0 Å². The standard InChI is InChI=1S/C21H20N4O5/c1-14-13-18(26)20(23-24(14)16-8-4-5-9-17(16)25(28)29)21(27)22-12-11-15-7-3-6-10-19(15)30-2/h3-10,13H,11-12H2,1-2H3,(H,22,27). The molecule has 2 aromatic carbocycles.